The van der Waals surface area contributed by atoms with E-state index in [9.17, 15) is 4.79 Å². The van der Waals surface area contributed by atoms with Gasteiger partial charge in [0.2, 0.25) is 0 Å². The summed E-state index contributed by atoms with van der Waals surface area (Å²) in [7, 11) is 0. The van der Waals surface area contributed by atoms with Gasteiger partial charge in [-0.1, -0.05) is 0 Å². The molecule has 1 amide bonds. The zero-order valence-corrected chi connectivity index (χ0v) is 11.7. The van der Waals surface area contributed by atoms with Crippen LogP contribution in [0.15, 0.2) is 40.0 Å². The van der Waals surface area contributed by atoms with Gasteiger partial charge in [-0.2, -0.15) is 5.10 Å². The molecule has 0 radical (unpaired) electrons. The molecule has 2 aromatic heterocycles. The molecular formula is C12H10IN3O2. The third-order valence-corrected chi connectivity index (χ3v) is 2.71. The second-order valence-electron chi connectivity index (χ2n) is 3.53. The Labute approximate surface area is 117 Å². The molecular weight excluding hydrogens is 345 g/mol. The number of pyridine rings is 1. The minimum atomic E-state index is -0.306. The van der Waals surface area contributed by atoms with Gasteiger partial charge in [-0.3, -0.25) is 9.78 Å². The van der Waals surface area contributed by atoms with Gasteiger partial charge >= 0.3 is 0 Å². The first-order valence-electron chi connectivity index (χ1n) is 5.16. The minimum absolute atomic E-state index is 0.306. The molecule has 5 nitrogen and oxygen atoms in total. The van der Waals surface area contributed by atoms with E-state index in [0.717, 1.165) is 9.46 Å². The molecule has 2 aromatic rings. The van der Waals surface area contributed by atoms with Gasteiger partial charge in [0.15, 0.2) is 3.77 Å². The summed E-state index contributed by atoms with van der Waals surface area (Å²) in [6.07, 6.45) is 2.96. The topological polar surface area (TPSA) is 67.5 Å². The second kappa shape index (κ2) is 5.76. The lowest BCUT2D eigenvalue weighted by atomic mass is 10.2. The van der Waals surface area contributed by atoms with Crippen molar-refractivity contribution in [2.45, 2.75) is 6.92 Å². The summed E-state index contributed by atoms with van der Waals surface area (Å²) >= 11 is 2.05. The van der Waals surface area contributed by atoms with E-state index >= 15 is 0 Å². The van der Waals surface area contributed by atoms with E-state index in [1.807, 2.05) is 13.0 Å². The molecule has 0 unspecified atom stereocenters. The Morgan fingerprint density at radius 3 is 2.89 bits per heavy atom. The third kappa shape index (κ3) is 3.39. The monoisotopic (exact) mass is 355 g/mol. The Kier molecular flexibility index (Phi) is 4.08. The number of rotatable bonds is 3. The Morgan fingerprint density at radius 2 is 2.28 bits per heavy atom. The van der Waals surface area contributed by atoms with E-state index in [4.69, 9.17) is 4.42 Å². The standard InChI is InChI=1S/C12H10IN3O2/c1-8-2-3-9(6-14-8)12(17)16-15-7-10-4-5-11(13)18-10/h2-7H,1H3,(H,16,17)/b15-7+. The molecule has 1 N–H and O–H groups in total. The van der Waals surface area contributed by atoms with Crippen LogP contribution in [0.4, 0.5) is 0 Å². The van der Waals surface area contributed by atoms with Crippen LogP contribution in [0.25, 0.3) is 0 Å². The lowest BCUT2D eigenvalue weighted by molar-refractivity contribution is 0.0955. The van der Waals surface area contributed by atoms with Crippen LogP contribution in [0.3, 0.4) is 0 Å². The van der Waals surface area contributed by atoms with E-state index in [1.165, 1.54) is 12.4 Å². The molecule has 0 fully saturated rings. The van der Waals surface area contributed by atoms with E-state index in [2.05, 4.69) is 38.1 Å². The van der Waals surface area contributed by atoms with Gasteiger partial charge < -0.3 is 4.42 Å². The van der Waals surface area contributed by atoms with Gasteiger partial charge in [-0.25, -0.2) is 5.43 Å². The molecule has 0 bridgehead atoms. The van der Waals surface area contributed by atoms with Gasteiger partial charge in [0.05, 0.1) is 11.8 Å². The summed E-state index contributed by atoms with van der Waals surface area (Å²) in [6.45, 7) is 1.86. The maximum Gasteiger partial charge on any atom is 0.272 e. The summed E-state index contributed by atoms with van der Waals surface area (Å²) in [5.41, 5.74) is 3.73. The largest absolute Gasteiger partial charge is 0.449 e. The molecule has 0 aliphatic heterocycles. The average Bonchev–Trinajstić information content (AvgIpc) is 2.76. The molecule has 0 saturated heterocycles. The number of hydrazone groups is 1. The fourth-order valence-corrected chi connectivity index (χ4v) is 1.65. The number of furan rings is 1. The van der Waals surface area contributed by atoms with Crippen molar-refractivity contribution in [1.29, 1.82) is 0 Å². The highest BCUT2D eigenvalue weighted by Gasteiger charge is 2.03. The van der Waals surface area contributed by atoms with Crippen LogP contribution in [0, 0.1) is 10.7 Å². The number of nitrogens with one attached hydrogen (secondary N) is 1. The number of nitrogens with zero attached hydrogens (tertiary/aromatic N) is 2. The smallest absolute Gasteiger partial charge is 0.272 e. The highest BCUT2D eigenvalue weighted by atomic mass is 127. The van der Waals surface area contributed by atoms with E-state index < -0.39 is 0 Å². The molecule has 0 spiro atoms. The van der Waals surface area contributed by atoms with Gasteiger partial charge in [-0.05, 0) is 53.8 Å². The number of carbonyl (C=O) groups is 1. The second-order valence-corrected chi connectivity index (χ2v) is 4.59. The van der Waals surface area contributed by atoms with Gasteiger partial charge in [-0.15, -0.1) is 0 Å². The van der Waals surface area contributed by atoms with Crippen LogP contribution in [0.5, 0.6) is 0 Å². The summed E-state index contributed by atoms with van der Waals surface area (Å²) in [5.74, 6) is 0.279. The first-order chi connectivity index (χ1) is 8.65. The first-order valence-corrected chi connectivity index (χ1v) is 6.24. The molecule has 6 heteroatoms. The minimum Gasteiger partial charge on any atom is -0.449 e. The summed E-state index contributed by atoms with van der Waals surface area (Å²) < 4.78 is 6.03. The maximum atomic E-state index is 11.7. The molecule has 2 heterocycles. The Morgan fingerprint density at radius 1 is 1.44 bits per heavy atom. The zero-order chi connectivity index (χ0) is 13.0. The molecule has 0 saturated carbocycles. The summed E-state index contributed by atoms with van der Waals surface area (Å²) in [4.78, 5) is 15.7. The molecule has 2 rings (SSSR count). The van der Waals surface area contributed by atoms with Crippen molar-refractivity contribution >= 4 is 34.7 Å². The number of carbonyl (C=O) groups excluding carboxylic acids is 1. The Hall–Kier alpha value is -1.70. The van der Waals surface area contributed by atoms with Crippen molar-refractivity contribution in [1.82, 2.24) is 10.4 Å². The molecule has 0 atom stereocenters. The average molecular weight is 355 g/mol. The molecule has 0 aliphatic rings. The van der Waals surface area contributed by atoms with Gasteiger partial charge in [0.1, 0.15) is 5.76 Å². The first kappa shape index (κ1) is 12.7. The fraction of sp³-hybridized carbons (Fsp3) is 0.0833. The molecule has 18 heavy (non-hydrogen) atoms. The Balaban J connectivity index is 1.96. The summed E-state index contributed by atoms with van der Waals surface area (Å²) in [5, 5.41) is 3.80. The van der Waals surface area contributed by atoms with Crippen molar-refractivity contribution in [3.8, 4) is 0 Å². The number of halogens is 1. The van der Waals surface area contributed by atoms with Gasteiger partial charge in [0, 0.05) is 11.9 Å². The highest BCUT2D eigenvalue weighted by molar-refractivity contribution is 14.1. The lowest BCUT2D eigenvalue weighted by Gasteiger charge is -1.98. The van der Waals surface area contributed by atoms with Crippen LogP contribution in [0.2, 0.25) is 0 Å². The van der Waals surface area contributed by atoms with Crippen LogP contribution in [0.1, 0.15) is 21.8 Å². The van der Waals surface area contributed by atoms with Crippen molar-refractivity contribution < 1.29 is 9.21 Å². The molecule has 0 aromatic carbocycles. The predicted molar refractivity (Wildman–Crippen MR) is 75.5 cm³/mol. The number of hydrogen-bond acceptors (Lipinski definition) is 4. The van der Waals surface area contributed by atoms with Crippen molar-refractivity contribution in [2.75, 3.05) is 0 Å². The zero-order valence-electron chi connectivity index (χ0n) is 9.55. The SMILES string of the molecule is Cc1ccc(C(=O)N/N=C/c2ccc(I)o2)cn1. The third-order valence-electron chi connectivity index (χ3n) is 2.13. The van der Waals surface area contributed by atoms with Crippen LogP contribution in [-0.4, -0.2) is 17.1 Å². The fourth-order valence-electron chi connectivity index (χ4n) is 1.22. The van der Waals surface area contributed by atoms with Crippen LogP contribution in [-0.2, 0) is 0 Å². The number of aromatic nitrogens is 1. The normalized spacial score (nSPS) is 10.8. The maximum absolute atomic E-state index is 11.7. The quantitative estimate of drug-likeness (QED) is 0.522. The number of hydrogen-bond donors (Lipinski definition) is 1. The van der Waals surface area contributed by atoms with Gasteiger partial charge in [0.25, 0.3) is 5.91 Å². The molecule has 92 valence electrons. The van der Waals surface area contributed by atoms with E-state index in [-0.39, 0.29) is 5.91 Å². The predicted octanol–water partition coefficient (Wildman–Crippen LogP) is 2.35. The van der Waals surface area contributed by atoms with E-state index in [0.29, 0.717) is 11.3 Å². The summed E-state index contributed by atoms with van der Waals surface area (Å²) in [6, 6.07) is 7.05. The Bertz CT molecular complexity index is 575. The lowest BCUT2D eigenvalue weighted by Crippen LogP contribution is -2.17. The van der Waals surface area contributed by atoms with E-state index in [1.54, 1.807) is 18.2 Å². The number of aryl methyl sites for hydroxylation is 1. The van der Waals surface area contributed by atoms with Crippen LogP contribution >= 0.6 is 22.6 Å². The van der Waals surface area contributed by atoms with Crippen molar-refractivity contribution in [3.05, 3.63) is 51.2 Å². The van der Waals surface area contributed by atoms with Crippen LogP contribution < -0.4 is 5.43 Å². The van der Waals surface area contributed by atoms with Crippen molar-refractivity contribution in [3.63, 3.8) is 0 Å². The van der Waals surface area contributed by atoms with Crippen molar-refractivity contribution in [2.24, 2.45) is 5.10 Å². The number of amides is 1. The molecule has 0 aliphatic carbocycles. The highest BCUT2D eigenvalue weighted by Crippen LogP contribution is 2.07.